The molecule has 2 aliphatic heterocycles. The van der Waals surface area contributed by atoms with Gasteiger partial charge in [0.05, 0.1) is 0 Å². The lowest BCUT2D eigenvalue weighted by atomic mass is 9.96. The third kappa shape index (κ3) is 3.70. The molecule has 0 atom stereocenters. The minimum absolute atomic E-state index is 0.0724. The zero-order valence-electron chi connectivity index (χ0n) is 14.3. The summed E-state index contributed by atoms with van der Waals surface area (Å²) in [6, 6.07) is 7.30. The molecule has 1 aromatic carbocycles. The van der Waals surface area contributed by atoms with Gasteiger partial charge in [0.15, 0.2) is 0 Å². The number of rotatable bonds is 5. The van der Waals surface area contributed by atoms with Crippen molar-refractivity contribution >= 4 is 17.6 Å². The molecule has 0 saturated carbocycles. The molecule has 6 nitrogen and oxygen atoms in total. The maximum Gasteiger partial charge on any atom is 0.321 e. The summed E-state index contributed by atoms with van der Waals surface area (Å²) in [5, 5.41) is 6.17. The number of nitrogens with zero attached hydrogens (tertiary/aromatic N) is 2. The highest BCUT2D eigenvalue weighted by Gasteiger charge is 2.24. The number of hydrogen-bond donors (Lipinski definition) is 2. The fourth-order valence-electron chi connectivity index (χ4n) is 3.37. The summed E-state index contributed by atoms with van der Waals surface area (Å²) in [6.45, 7) is 7.16. The predicted octanol–water partition coefficient (Wildman–Crippen LogP) is 1.68. The highest BCUT2D eigenvalue weighted by molar-refractivity contribution is 5.97. The molecule has 0 spiro atoms. The fourth-order valence-corrected chi connectivity index (χ4v) is 3.37. The summed E-state index contributed by atoms with van der Waals surface area (Å²) < 4.78 is 0. The Bertz CT molecular complexity index is 579. The first-order chi connectivity index (χ1) is 11.7. The number of carbonyl (C=O) groups excluding carboxylic acids is 2. The van der Waals surface area contributed by atoms with Gasteiger partial charge in [-0.1, -0.05) is 6.92 Å². The standard InChI is InChI=1S/C18H26N4O2/c1-2-19-13-14-7-10-21(11-8-14)17(23)15-3-5-16(6-4-15)22-12-9-20-18(22)24/h3-6,14,19H,2,7-13H2,1H3,(H,20,24). The average Bonchev–Trinajstić information content (AvgIpc) is 3.06. The maximum absolute atomic E-state index is 12.6. The number of piperidine rings is 1. The molecular weight excluding hydrogens is 304 g/mol. The van der Waals surface area contributed by atoms with Crippen LogP contribution in [0.2, 0.25) is 0 Å². The molecule has 0 aromatic heterocycles. The van der Waals surface area contributed by atoms with Crippen LogP contribution in [0.4, 0.5) is 10.5 Å². The van der Waals surface area contributed by atoms with Crippen molar-refractivity contribution in [3.05, 3.63) is 29.8 Å². The van der Waals surface area contributed by atoms with Gasteiger partial charge in [-0.3, -0.25) is 9.69 Å². The zero-order valence-corrected chi connectivity index (χ0v) is 14.3. The zero-order chi connectivity index (χ0) is 16.9. The molecule has 1 aromatic rings. The number of hydrogen-bond acceptors (Lipinski definition) is 3. The van der Waals surface area contributed by atoms with Gasteiger partial charge >= 0.3 is 6.03 Å². The minimum atomic E-state index is -0.0724. The molecule has 24 heavy (non-hydrogen) atoms. The molecule has 6 heteroatoms. The van der Waals surface area contributed by atoms with Crippen LogP contribution in [0.25, 0.3) is 0 Å². The quantitative estimate of drug-likeness (QED) is 0.863. The monoisotopic (exact) mass is 330 g/mol. The summed E-state index contributed by atoms with van der Waals surface area (Å²) in [6.07, 6.45) is 2.12. The van der Waals surface area contributed by atoms with Crippen molar-refractivity contribution in [2.45, 2.75) is 19.8 Å². The Morgan fingerprint density at radius 2 is 1.92 bits per heavy atom. The van der Waals surface area contributed by atoms with E-state index in [0.29, 0.717) is 24.6 Å². The van der Waals surface area contributed by atoms with Crippen molar-refractivity contribution in [2.24, 2.45) is 5.92 Å². The van der Waals surface area contributed by atoms with Gasteiger partial charge in [-0.25, -0.2) is 4.79 Å². The van der Waals surface area contributed by atoms with Crippen molar-refractivity contribution in [3.8, 4) is 0 Å². The topological polar surface area (TPSA) is 64.7 Å². The first-order valence-electron chi connectivity index (χ1n) is 8.84. The Morgan fingerprint density at radius 3 is 2.50 bits per heavy atom. The van der Waals surface area contributed by atoms with E-state index in [2.05, 4.69) is 17.6 Å². The Labute approximate surface area is 143 Å². The molecule has 0 aliphatic carbocycles. The molecule has 2 aliphatic rings. The molecule has 0 unspecified atom stereocenters. The van der Waals surface area contributed by atoms with Crippen LogP contribution in [0.15, 0.2) is 24.3 Å². The van der Waals surface area contributed by atoms with Crippen molar-refractivity contribution in [1.82, 2.24) is 15.5 Å². The van der Waals surface area contributed by atoms with Crippen molar-refractivity contribution in [3.63, 3.8) is 0 Å². The van der Waals surface area contributed by atoms with Crippen molar-refractivity contribution in [2.75, 3.05) is 44.2 Å². The Hall–Kier alpha value is -2.08. The van der Waals surface area contributed by atoms with E-state index in [4.69, 9.17) is 0 Å². The number of likely N-dealkylation sites (tertiary alicyclic amines) is 1. The molecule has 0 bridgehead atoms. The Morgan fingerprint density at radius 1 is 1.21 bits per heavy atom. The van der Waals surface area contributed by atoms with Gasteiger partial charge in [-0.2, -0.15) is 0 Å². The van der Waals surface area contributed by atoms with Crippen molar-refractivity contribution < 1.29 is 9.59 Å². The largest absolute Gasteiger partial charge is 0.339 e. The number of nitrogens with one attached hydrogen (secondary N) is 2. The number of anilines is 1. The highest BCUT2D eigenvalue weighted by atomic mass is 16.2. The van der Waals surface area contributed by atoms with E-state index >= 15 is 0 Å². The number of benzene rings is 1. The van der Waals surface area contributed by atoms with Gasteiger partial charge in [-0.05, 0) is 56.1 Å². The lowest BCUT2D eigenvalue weighted by Gasteiger charge is -2.32. The molecule has 2 heterocycles. The molecule has 130 valence electrons. The van der Waals surface area contributed by atoms with E-state index < -0.39 is 0 Å². The number of urea groups is 1. The Balaban J connectivity index is 1.57. The highest BCUT2D eigenvalue weighted by Crippen LogP contribution is 2.21. The summed E-state index contributed by atoms with van der Waals surface area (Å²) in [4.78, 5) is 28.0. The second kappa shape index (κ2) is 7.66. The van der Waals surface area contributed by atoms with E-state index in [1.807, 2.05) is 29.2 Å². The van der Waals surface area contributed by atoms with E-state index in [1.54, 1.807) is 4.90 Å². The Kier molecular flexibility index (Phi) is 5.35. The van der Waals surface area contributed by atoms with Gasteiger partial charge in [0, 0.05) is 37.4 Å². The lowest BCUT2D eigenvalue weighted by molar-refractivity contribution is 0.0690. The first-order valence-corrected chi connectivity index (χ1v) is 8.84. The normalized spacial score (nSPS) is 18.8. The van der Waals surface area contributed by atoms with Gasteiger partial charge in [0.1, 0.15) is 0 Å². The number of amides is 3. The molecule has 3 amide bonds. The summed E-state index contributed by atoms with van der Waals surface area (Å²) in [7, 11) is 0. The van der Waals surface area contributed by atoms with Crippen molar-refractivity contribution in [1.29, 1.82) is 0 Å². The third-order valence-corrected chi connectivity index (χ3v) is 4.87. The molecule has 3 rings (SSSR count). The van der Waals surface area contributed by atoms with Crippen LogP contribution in [-0.4, -0.2) is 56.1 Å². The van der Waals surface area contributed by atoms with E-state index in [-0.39, 0.29) is 11.9 Å². The second-order valence-corrected chi connectivity index (χ2v) is 6.47. The lowest BCUT2D eigenvalue weighted by Crippen LogP contribution is -2.40. The van der Waals surface area contributed by atoms with Crippen LogP contribution >= 0.6 is 0 Å². The molecular formula is C18H26N4O2. The second-order valence-electron chi connectivity index (χ2n) is 6.47. The summed E-state index contributed by atoms with van der Waals surface area (Å²) in [5.74, 6) is 0.763. The van der Waals surface area contributed by atoms with E-state index in [0.717, 1.165) is 44.7 Å². The molecule has 2 N–H and O–H groups in total. The van der Waals surface area contributed by atoms with Gasteiger partial charge in [0.25, 0.3) is 5.91 Å². The summed E-state index contributed by atoms with van der Waals surface area (Å²) in [5.41, 5.74) is 1.54. The van der Waals surface area contributed by atoms with Gasteiger partial charge in [0.2, 0.25) is 0 Å². The smallest absolute Gasteiger partial charge is 0.321 e. The molecule has 0 radical (unpaired) electrons. The van der Waals surface area contributed by atoms with Crippen LogP contribution in [0.3, 0.4) is 0 Å². The van der Waals surface area contributed by atoms with Crippen LogP contribution in [0, 0.1) is 5.92 Å². The van der Waals surface area contributed by atoms with Crippen LogP contribution in [-0.2, 0) is 0 Å². The van der Waals surface area contributed by atoms with E-state index in [9.17, 15) is 9.59 Å². The average molecular weight is 330 g/mol. The minimum Gasteiger partial charge on any atom is -0.339 e. The first kappa shape index (κ1) is 16.8. The maximum atomic E-state index is 12.6. The van der Waals surface area contributed by atoms with Gasteiger partial charge in [-0.15, -0.1) is 0 Å². The fraction of sp³-hybridized carbons (Fsp3) is 0.556. The molecule has 2 saturated heterocycles. The van der Waals surface area contributed by atoms with Crippen LogP contribution < -0.4 is 15.5 Å². The SMILES string of the molecule is CCNCC1CCN(C(=O)c2ccc(N3CCNC3=O)cc2)CC1. The predicted molar refractivity (Wildman–Crippen MR) is 94.4 cm³/mol. The van der Waals surface area contributed by atoms with Gasteiger partial charge < -0.3 is 15.5 Å². The van der Waals surface area contributed by atoms with Crippen LogP contribution in [0.5, 0.6) is 0 Å². The molecule has 2 fully saturated rings. The summed E-state index contributed by atoms with van der Waals surface area (Å²) >= 11 is 0. The van der Waals surface area contributed by atoms with E-state index in [1.165, 1.54) is 0 Å². The number of carbonyl (C=O) groups is 2. The van der Waals surface area contributed by atoms with Crippen LogP contribution in [0.1, 0.15) is 30.1 Å². The third-order valence-electron chi connectivity index (χ3n) is 4.87.